The molecule has 4 heteroatoms. The van der Waals surface area contributed by atoms with Gasteiger partial charge < -0.3 is 10.6 Å². The van der Waals surface area contributed by atoms with Crippen molar-refractivity contribution in [2.45, 2.75) is 27.2 Å². The molecule has 0 radical (unpaired) electrons. The van der Waals surface area contributed by atoms with Gasteiger partial charge >= 0.3 is 0 Å². The molecule has 4 nitrogen and oxygen atoms in total. The molecule has 0 saturated carbocycles. The van der Waals surface area contributed by atoms with Crippen molar-refractivity contribution in [1.29, 1.82) is 0 Å². The molecular formula is C22H23N3O. The zero-order valence-corrected chi connectivity index (χ0v) is 15.3. The van der Waals surface area contributed by atoms with Gasteiger partial charge in [-0.3, -0.25) is 9.78 Å². The topological polar surface area (TPSA) is 54.0 Å². The van der Waals surface area contributed by atoms with E-state index in [4.69, 9.17) is 0 Å². The fraction of sp³-hybridized carbons (Fsp3) is 0.182. The van der Waals surface area contributed by atoms with Gasteiger partial charge in [-0.1, -0.05) is 37.3 Å². The first-order chi connectivity index (χ1) is 12.6. The fourth-order valence-electron chi connectivity index (χ4n) is 2.82. The first-order valence-corrected chi connectivity index (χ1v) is 8.75. The van der Waals surface area contributed by atoms with Crippen LogP contribution in [-0.2, 0) is 6.42 Å². The van der Waals surface area contributed by atoms with Crippen LogP contribution in [0, 0.1) is 13.8 Å². The molecule has 0 aliphatic carbocycles. The van der Waals surface area contributed by atoms with E-state index >= 15 is 0 Å². The van der Waals surface area contributed by atoms with Crippen molar-refractivity contribution in [3.8, 4) is 0 Å². The lowest BCUT2D eigenvalue weighted by atomic mass is 10.1. The van der Waals surface area contributed by atoms with Gasteiger partial charge in [0.1, 0.15) is 0 Å². The zero-order chi connectivity index (χ0) is 18.5. The van der Waals surface area contributed by atoms with Crippen LogP contribution >= 0.6 is 0 Å². The molecule has 1 aromatic heterocycles. The molecule has 0 unspecified atom stereocenters. The van der Waals surface area contributed by atoms with Crippen LogP contribution < -0.4 is 10.6 Å². The molecule has 132 valence electrons. The molecule has 0 aliphatic rings. The van der Waals surface area contributed by atoms with E-state index < -0.39 is 0 Å². The zero-order valence-electron chi connectivity index (χ0n) is 15.3. The molecule has 0 saturated heterocycles. The lowest BCUT2D eigenvalue weighted by Crippen LogP contribution is -2.14. The quantitative estimate of drug-likeness (QED) is 0.663. The van der Waals surface area contributed by atoms with Crippen LogP contribution in [0.1, 0.15) is 34.0 Å². The van der Waals surface area contributed by atoms with Crippen LogP contribution in [0.2, 0.25) is 0 Å². The van der Waals surface area contributed by atoms with Crippen molar-refractivity contribution in [3.63, 3.8) is 0 Å². The lowest BCUT2D eigenvalue weighted by molar-refractivity contribution is 0.102. The van der Waals surface area contributed by atoms with E-state index in [2.05, 4.69) is 34.7 Å². The van der Waals surface area contributed by atoms with Crippen molar-refractivity contribution in [3.05, 3.63) is 83.2 Å². The second kappa shape index (κ2) is 7.83. The van der Waals surface area contributed by atoms with Gasteiger partial charge in [0.15, 0.2) is 0 Å². The Morgan fingerprint density at radius 2 is 1.65 bits per heavy atom. The number of carbonyl (C=O) groups excluding carboxylic acids is 1. The predicted molar refractivity (Wildman–Crippen MR) is 107 cm³/mol. The summed E-state index contributed by atoms with van der Waals surface area (Å²) in [4.78, 5) is 16.8. The minimum absolute atomic E-state index is 0.167. The van der Waals surface area contributed by atoms with Crippen LogP contribution in [0.5, 0.6) is 0 Å². The minimum atomic E-state index is -0.167. The second-order valence-electron chi connectivity index (χ2n) is 6.36. The number of hydrogen-bond donors (Lipinski definition) is 2. The number of nitrogens with one attached hydrogen (secondary N) is 2. The number of nitrogens with zero attached hydrogens (tertiary/aromatic N) is 1. The van der Waals surface area contributed by atoms with Gasteiger partial charge in [0, 0.05) is 17.6 Å². The number of para-hydroxylation sites is 1. The molecule has 3 aromatic rings. The monoisotopic (exact) mass is 345 g/mol. The molecule has 0 bridgehead atoms. The Kier molecular flexibility index (Phi) is 5.32. The fourth-order valence-corrected chi connectivity index (χ4v) is 2.82. The largest absolute Gasteiger partial charge is 0.354 e. The second-order valence-corrected chi connectivity index (χ2v) is 6.36. The van der Waals surface area contributed by atoms with E-state index in [-0.39, 0.29) is 5.91 Å². The highest BCUT2D eigenvalue weighted by molar-refractivity contribution is 6.05. The van der Waals surface area contributed by atoms with Crippen LogP contribution in [0.4, 0.5) is 17.1 Å². The summed E-state index contributed by atoms with van der Waals surface area (Å²) >= 11 is 0. The summed E-state index contributed by atoms with van der Waals surface area (Å²) in [5, 5.41) is 6.29. The normalized spacial score (nSPS) is 10.4. The average Bonchev–Trinajstić information content (AvgIpc) is 2.65. The summed E-state index contributed by atoms with van der Waals surface area (Å²) in [5.41, 5.74) is 6.48. The minimum Gasteiger partial charge on any atom is -0.354 e. The lowest BCUT2D eigenvalue weighted by Gasteiger charge is -2.12. The van der Waals surface area contributed by atoms with E-state index in [1.54, 1.807) is 12.4 Å². The number of rotatable bonds is 5. The molecule has 26 heavy (non-hydrogen) atoms. The maximum Gasteiger partial charge on any atom is 0.257 e. The van der Waals surface area contributed by atoms with Crippen LogP contribution in [-0.4, -0.2) is 10.9 Å². The number of benzene rings is 2. The Labute approximate surface area is 154 Å². The van der Waals surface area contributed by atoms with Gasteiger partial charge in [-0.05, 0) is 55.2 Å². The van der Waals surface area contributed by atoms with Gasteiger partial charge in [0.25, 0.3) is 5.91 Å². The molecular weight excluding hydrogens is 322 g/mol. The van der Waals surface area contributed by atoms with E-state index in [1.165, 1.54) is 5.56 Å². The van der Waals surface area contributed by atoms with Gasteiger partial charge in [0.2, 0.25) is 0 Å². The van der Waals surface area contributed by atoms with Gasteiger partial charge in [-0.2, -0.15) is 0 Å². The molecule has 2 N–H and O–H groups in total. The highest BCUT2D eigenvalue weighted by Gasteiger charge is 2.11. The molecule has 0 spiro atoms. The number of anilines is 3. The Morgan fingerprint density at radius 1 is 0.962 bits per heavy atom. The number of aryl methyl sites for hydroxylation is 3. The summed E-state index contributed by atoms with van der Waals surface area (Å²) < 4.78 is 0. The summed E-state index contributed by atoms with van der Waals surface area (Å²) in [6.45, 7) is 6.10. The molecule has 0 aliphatic heterocycles. The van der Waals surface area contributed by atoms with Crippen molar-refractivity contribution in [2.75, 3.05) is 10.6 Å². The highest BCUT2D eigenvalue weighted by atomic mass is 16.1. The number of pyridine rings is 1. The standard InChI is InChI=1S/C22H23N3O/c1-4-17-8-10-19(11-9-17)24-20-12-18(13-23-14-20)22(26)25-21-15(2)6-5-7-16(21)3/h5-14,24H,4H2,1-3H3,(H,25,26). The van der Waals surface area contributed by atoms with Crippen molar-refractivity contribution in [2.24, 2.45) is 0 Å². The number of aromatic nitrogens is 1. The van der Waals surface area contributed by atoms with E-state index in [1.807, 2.05) is 50.2 Å². The highest BCUT2D eigenvalue weighted by Crippen LogP contribution is 2.22. The van der Waals surface area contributed by atoms with Crippen molar-refractivity contribution >= 4 is 23.0 Å². The Bertz CT molecular complexity index is 897. The molecule has 1 amide bonds. The molecule has 3 rings (SSSR count). The summed E-state index contributed by atoms with van der Waals surface area (Å²) in [7, 11) is 0. The average molecular weight is 345 g/mol. The SMILES string of the molecule is CCc1ccc(Nc2cncc(C(=O)Nc3c(C)cccc3C)c2)cc1. The molecule has 1 heterocycles. The van der Waals surface area contributed by atoms with Crippen LogP contribution in [0.3, 0.4) is 0 Å². The number of hydrogen-bond acceptors (Lipinski definition) is 3. The van der Waals surface area contributed by atoms with E-state index in [9.17, 15) is 4.79 Å². The Hall–Kier alpha value is -3.14. The van der Waals surface area contributed by atoms with Gasteiger partial charge in [-0.25, -0.2) is 0 Å². The smallest absolute Gasteiger partial charge is 0.257 e. The van der Waals surface area contributed by atoms with Crippen LogP contribution in [0.25, 0.3) is 0 Å². The van der Waals surface area contributed by atoms with Crippen molar-refractivity contribution < 1.29 is 4.79 Å². The maximum absolute atomic E-state index is 12.6. The first kappa shape index (κ1) is 17.7. The third kappa shape index (κ3) is 4.09. The third-order valence-corrected chi connectivity index (χ3v) is 4.37. The summed E-state index contributed by atoms with van der Waals surface area (Å²) in [6, 6.07) is 16.0. The first-order valence-electron chi connectivity index (χ1n) is 8.75. The predicted octanol–water partition coefficient (Wildman–Crippen LogP) is 5.26. The van der Waals surface area contributed by atoms with Gasteiger partial charge in [0.05, 0.1) is 17.4 Å². The van der Waals surface area contributed by atoms with Gasteiger partial charge in [-0.15, -0.1) is 0 Å². The molecule has 0 atom stereocenters. The molecule has 2 aromatic carbocycles. The number of carbonyl (C=O) groups is 1. The number of amides is 1. The van der Waals surface area contributed by atoms with Crippen molar-refractivity contribution in [1.82, 2.24) is 4.98 Å². The molecule has 0 fully saturated rings. The van der Waals surface area contributed by atoms with E-state index in [0.29, 0.717) is 5.56 Å². The van der Waals surface area contributed by atoms with Crippen LogP contribution in [0.15, 0.2) is 60.9 Å². The summed E-state index contributed by atoms with van der Waals surface area (Å²) in [5.74, 6) is -0.167. The third-order valence-electron chi connectivity index (χ3n) is 4.37. The Balaban J connectivity index is 1.76. The Morgan fingerprint density at radius 3 is 2.31 bits per heavy atom. The maximum atomic E-state index is 12.6. The van der Waals surface area contributed by atoms with E-state index in [0.717, 1.165) is 34.6 Å². The summed E-state index contributed by atoms with van der Waals surface area (Å²) in [6.07, 6.45) is 4.30.